The second kappa shape index (κ2) is 29.2. The Labute approximate surface area is 323 Å². The Morgan fingerprint density at radius 3 is 1.43 bits per heavy atom. The van der Waals surface area contributed by atoms with E-state index in [1.165, 1.54) is 34.5 Å². The topological polar surface area (TPSA) is 117 Å². The van der Waals surface area contributed by atoms with Gasteiger partial charge in [0.05, 0.1) is 6.61 Å². The highest BCUT2D eigenvalue weighted by Crippen LogP contribution is 2.34. The molecule has 300 valence electrons. The monoisotopic (exact) mass is 739 g/mol. The lowest BCUT2D eigenvalue weighted by molar-refractivity contribution is -0.121. The summed E-state index contributed by atoms with van der Waals surface area (Å²) in [4.78, 5) is 26.1. The number of amides is 2. The summed E-state index contributed by atoms with van der Waals surface area (Å²) in [5, 5.41) is 10.8. The van der Waals surface area contributed by atoms with Crippen molar-refractivity contribution in [3.63, 3.8) is 0 Å². The van der Waals surface area contributed by atoms with Crippen molar-refractivity contribution < 1.29 is 24.2 Å². The number of nitrogens with two attached hydrogens (primary N) is 1. The number of carbonyl (C=O) groups excluding carboxylic acids is 2. The van der Waals surface area contributed by atoms with Crippen LogP contribution in [0.3, 0.4) is 0 Å². The van der Waals surface area contributed by atoms with E-state index in [0.29, 0.717) is 32.0 Å². The Bertz CT molecular complexity index is 1280. The highest BCUT2D eigenvalue weighted by atomic mass is 16.6. The fraction of sp³-hybridized carbons (Fsp3) is 0.545. The molecule has 3 aromatic rings. The van der Waals surface area contributed by atoms with Crippen LogP contribution in [-0.2, 0) is 9.53 Å². The molecular weight excluding hydrogens is 665 g/mol. The summed E-state index contributed by atoms with van der Waals surface area (Å²) in [6, 6.07) is 25.9. The lowest BCUT2D eigenvalue weighted by atomic mass is 9.85. The molecule has 0 fully saturated rings. The summed E-state index contributed by atoms with van der Waals surface area (Å²) in [6.45, 7) is 21.2. The molecular formula is C44H74N4O5. The minimum atomic E-state index is -0.725. The van der Waals surface area contributed by atoms with E-state index in [1.807, 2.05) is 32.9 Å². The molecule has 53 heavy (non-hydrogen) atoms. The summed E-state index contributed by atoms with van der Waals surface area (Å²) < 4.78 is 10.5. The predicted molar refractivity (Wildman–Crippen MR) is 227 cm³/mol. The van der Waals surface area contributed by atoms with E-state index in [0.717, 1.165) is 18.7 Å². The number of aliphatic hydroxyl groups is 1. The van der Waals surface area contributed by atoms with Crippen LogP contribution in [0.2, 0.25) is 0 Å². The summed E-state index contributed by atoms with van der Waals surface area (Å²) in [5.74, 6) is 1.50. The van der Waals surface area contributed by atoms with Crippen LogP contribution in [0, 0.1) is 5.92 Å². The van der Waals surface area contributed by atoms with Gasteiger partial charge in [0, 0.05) is 65.1 Å². The number of nitrogens with zero attached hydrogens (tertiary/aromatic N) is 2. The molecule has 0 heterocycles. The molecule has 0 saturated carbocycles. The van der Waals surface area contributed by atoms with Crippen LogP contribution in [0.25, 0.3) is 0 Å². The number of anilines is 2. The van der Waals surface area contributed by atoms with Crippen molar-refractivity contribution in [2.45, 2.75) is 106 Å². The number of nitrogens with one attached hydrogen (secondary N) is 1. The van der Waals surface area contributed by atoms with Crippen molar-refractivity contribution in [2.24, 2.45) is 11.7 Å². The van der Waals surface area contributed by atoms with Gasteiger partial charge in [0.1, 0.15) is 11.4 Å². The summed E-state index contributed by atoms with van der Waals surface area (Å²) in [7, 11) is 8.24. The van der Waals surface area contributed by atoms with E-state index < -0.39 is 11.7 Å². The molecule has 4 N–H and O–H groups in total. The Balaban J connectivity index is 0. The van der Waals surface area contributed by atoms with Gasteiger partial charge in [0.25, 0.3) is 0 Å². The third kappa shape index (κ3) is 24.6. The van der Waals surface area contributed by atoms with Gasteiger partial charge in [-0.1, -0.05) is 91.3 Å². The largest absolute Gasteiger partial charge is 0.494 e. The van der Waals surface area contributed by atoms with Crippen molar-refractivity contribution in [3.05, 3.63) is 89.5 Å². The highest BCUT2D eigenvalue weighted by molar-refractivity contribution is 5.75. The fourth-order valence-electron chi connectivity index (χ4n) is 4.39. The second-order valence-electron chi connectivity index (χ2n) is 14.1. The van der Waals surface area contributed by atoms with Crippen molar-refractivity contribution >= 4 is 23.4 Å². The molecule has 0 unspecified atom stereocenters. The number of hydrogen-bond acceptors (Lipinski definition) is 7. The zero-order chi connectivity index (χ0) is 41.0. The van der Waals surface area contributed by atoms with E-state index in [4.69, 9.17) is 15.6 Å². The van der Waals surface area contributed by atoms with Crippen molar-refractivity contribution in [1.29, 1.82) is 0 Å². The molecule has 2 amide bonds. The van der Waals surface area contributed by atoms with Crippen molar-refractivity contribution in [2.75, 3.05) is 57.7 Å². The number of ether oxygens (including phenoxy) is 2. The lowest BCUT2D eigenvalue weighted by Gasteiger charge is -2.22. The van der Waals surface area contributed by atoms with E-state index in [9.17, 15) is 9.59 Å². The van der Waals surface area contributed by atoms with Gasteiger partial charge in [0.2, 0.25) is 5.91 Å². The quantitative estimate of drug-likeness (QED) is 0.118. The Kier molecular flexibility index (Phi) is 28.1. The normalized spacial score (nSPS) is 10.1. The molecule has 9 nitrogen and oxygen atoms in total. The van der Waals surface area contributed by atoms with Crippen molar-refractivity contribution in [3.8, 4) is 5.75 Å². The van der Waals surface area contributed by atoms with Gasteiger partial charge in [-0.05, 0) is 92.6 Å². The molecule has 0 aliphatic carbocycles. The standard InChI is InChI=1S/C31H41N3O2.C5H11NO2.C3H8O.C3H8.C2H6/c1-23(2)22-32-30(35)8-7-21-36-29-19-13-26(14-20-29)31(24-9-15-27(16-10-24)33(3)4)25-11-17-28(18-12-25)34(5)6;1-5(2,3)8-4(6)7;1-2-3-4;1-3-2;1-2/h9-20,23,31H,7-8,21-22H2,1-6H3,(H,32,35);1-3H3,(H2,6,7);4H,2-3H2,1H3;3H2,1-2H3;1-2H3. The molecule has 3 aromatic carbocycles. The molecule has 0 atom stereocenters. The summed E-state index contributed by atoms with van der Waals surface area (Å²) in [5.41, 5.74) is 10.3. The average Bonchev–Trinajstić information content (AvgIpc) is 3.11. The smallest absolute Gasteiger partial charge is 0.405 e. The summed E-state index contributed by atoms with van der Waals surface area (Å²) in [6.07, 6.45) is 2.58. The highest BCUT2D eigenvalue weighted by Gasteiger charge is 2.18. The van der Waals surface area contributed by atoms with Crippen LogP contribution in [0.5, 0.6) is 5.75 Å². The number of hydrogen-bond donors (Lipinski definition) is 3. The Morgan fingerprint density at radius 1 is 0.774 bits per heavy atom. The Morgan fingerprint density at radius 2 is 1.15 bits per heavy atom. The number of primary amides is 1. The molecule has 0 aliphatic rings. The number of rotatable bonds is 13. The lowest BCUT2D eigenvalue weighted by Crippen LogP contribution is -2.27. The van der Waals surface area contributed by atoms with E-state index >= 15 is 0 Å². The minimum Gasteiger partial charge on any atom is -0.494 e. The van der Waals surface area contributed by atoms with Gasteiger partial charge in [-0.2, -0.15) is 0 Å². The molecule has 0 saturated heterocycles. The third-order valence-electron chi connectivity index (χ3n) is 6.85. The van der Waals surface area contributed by atoms with Gasteiger partial charge in [-0.15, -0.1) is 0 Å². The maximum absolute atomic E-state index is 11.9. The zero-order valence-electron chi connectivity index (χ0n) is 35.6. The Hall–Kier alpha value is -4.24. The average molecular weight is 739 g/mol. The summed E-state index contributed by atoms with van der Waals surface area (Å²) >= 11 is 0. The van der Waals surface area contributed by atoms with Crippen LogP contribution in [-0.4, -0.2) is 70.7 Å². The molecule has 0 bridgehead atoms. The van der Waals surface area contributed by atoms with Gasteiger partial charge in [-0.25, -0.2) is 4.79 Å². The second-order valence-corrected chi connectivity index (χ2v) is 14.1. The molecule has 9 heteroatoms. The fourth-order valence-corrected chi connectivity index (χ4v) is 4.39. The minimum absolute atomic E-state index is 0.0889. The molecule has 3 rings (SSSR count). The van der Waals surface area contributed by atoms with Gasteiger partial charge in [-0.3, -0.25) is 4.79 Å². The molecule has 0 radical (unpaired) electrons. The van der Waals surface area contributed by atoms with Gasteiger partial charge < -0.3 is 35.4 Å². The predicted octanol–water partition coefficient (Wildman–Crippen LogP) is 9.64. The molecule has 0 spiro atoms. The first-order chi connectivity index (χ1) is 25.0. The number of benzene rings is 3. The van der Waals surface area contributed by atoms with E-state index in [-0.39, 0.29) is 11.8 Å². The van der Waals surface area contributed by atoms with Crippen LogP contribution in [0.4, 0.5) is 16.2 Å². The first-order valence-electron chi connectivity index (χ1n) is 19.1. The molecule has 0 aliphatic heterocycles. The first kappa shape index (κ1) is 50.9. The SMILES string of the molecule is CC.CC(C)(C)OC(N)=O.CC(C)CNC(=O)CCCOc1ccc(C(c2ccc(N(C)C)cc2)c2ccc(N(C)C)cc2)cc1.CCC.CCCO. The van der Waals surface area contributed by atoms with Crippen LogP contribution >= 0.6 is 0 Å². The third-order valence-corrected chi connectivity index (χ3v) is 6.85. The maximum Gasteiger partial charge on any atom is 0.405 e. The van der Waals surface area contributed by atoms with Crippen LogP contribution in [0.1, 0.15) is 118 Å². The van der Waals surface area contributed by atoms with Crippen molar-refractivity contribution in [1.82, 2.24) is 5.32 Å². The van der Waals surface area contributed by atoms with Crippen LogP contribution < -0.4 is 25.6 Å². The first-order valence-corrected chi connectivity index (χ1v) is 19.1. The van der Waals surface area contributed by atoms with Gasteiger partial charge >= 0.3 is 6.09 Å². The van der Waals surface area contributed by atoms with Crippen LogP contribution in [0.15, 0.2) is 72.8 Å². The number of aliphatic hydroxyl groups excluding tert-OH is 1. The molecule has 0 aromatic heterocycles. The maximum atomic E-state index is 11.9. The number of carbonyl (C=O) groups is 2. The van der Waals surface area contributed by atoms with E-state index in [1.54, 1.807) is 20.8 Å². The van der Waals surface area contributed by atoms with Gasteiger partial charge in [0.15, 0.2) is 0 Å². The zero-order valence-corrected chi connectivity index (χ0v) is 35.6. The van der Waals surface area contributed by atoms with E-state index in [2.05, 4.69) is 136 Å².